The summed E-state index contributed by atoms with van der Waals surface area (Å²) in [7, 11) is 0.956. The minimum Gasteiger partial charge on any atom is -0.494 e. The summed E-state index contributed by atoms with van der Waals surface area (Å²) in [6, 6.07) is 2.41. The lowest BCUT2D eigenvalue weighted by Gasteiger charge is -2.22. The van der Waals surface area contributed by atoms with Crippen molar-refractivity contribution in [1.82, 2.24) is 0 Å². The fourth-order valence-corrected chi connectivity index (χ4v) is 1.50. The number of benzene rings is 1. The van der Waals surface area contributed by atoms with Crippen LogP contribution in [-0.4, -0.2) is 25.2 Å². The molecule has 0 aliphatic heterocycles. The van der Waals surface area contributed by atoms with Gasteiger partial charge >= 0.3 is 12.4 Å². The molecule has 0 unspecified atom stereocenters. The van der Waals surface area contributed by atoms with Crippen LogP contribution < -0.4 is 4.74 Å². The SMILES string of the molecule is COc1cccc(C(=O)C(C(F)(F)F)C(F)(F)F)c1F. The van der Waals surface area contributed by atoms with E-state index >= 15 is 0 Å². The highest BCUT2D eigenvalue weighted by atomic mass is 19.4. The molecule has 0 saturated carbocycles. The standard InChI is InChI=1S/C11H7F7O2/c1-20-6-4-2-3-5(7(6)12)8(19)9(10(13,14)15)11(16,17)18/h2-4,9H,1H3. The lowest BCUT2D eigenvalue weighted by atomic mass is 9.96. The van der Waals surface area contributed by atoms with E-state index in [1.807, 2.05) is 0 Å². The summed E-state index contributed by atoms with van der Waals surface area (Å²) in [4.78, 5) is 11.4. The molecule has 1 aromatic carbocycles. The highest BCUT2D eigenvalue weighted by molar-refractivity contribution is 5.99. The number of methoxy groups -OCH3 is 1. The molecule has 0 bridgehead atoms. The van der Waals surface area contributed by atoms with Crippen LogP contribution in [0.2, 0.25) is 0 Å². The number of halogens is 7. The van der Waals surface area contributed by atoms with Crippen LogP contribution in [0.3, 0.4) is 0 Å². The second-order valence-electron chi connectivity index (χ2n) is 3.70. The van der Waals surface area contributed by atoms with Gasteiger partial charge in [0.2, 0.25) is 5.92 Å². The largest absolute Gasteiger partial charge is 0.494 e. The molecule has 1 aromatic rings. The molecule has 0 spiro atoms. The molecule has 0 aliphatic rings. The van der Waals surface area contributed by atoms with Gasteiger partial charge in [0.1, 0.15) is 0 Å². The maximum Gasteiger partial charge on any atom is 0.407 e. The average Bonchev–Trinajstić information content (AvgIpc) is 2.25. The molecular formula is C11H7F7O2. The zero-order chi connectivity index (χ0) is 15.7. The number of Topliss-reactive ketones (excluding diaryl/α,β-unsaturated/α-hetero) is 1. The molecule has 0 aliphatic carbocycles. The Morgan fingerprint density at radius 3 is 2.00 bits per heavy atom. The van der Waals surface area contributed by atoms with Crippen LogP contribution in [-0.2, 0) is 0 Å². The van der Waals surface area contributed by atoms with Gasteiger partial charge in [-0.15, -0.1) is 0 Å². The van der Waals surface area contributed by atoms with Crippen molar-refractivity contribution in [2.45, 2.75) is 12.4 Å². The summed E-state index contributed by atoms with van der Waals surface area (Å²) in [6.07, 6.45) is -11.7. The molecule has 2 nitrogen and oxygen atoms in total. The van der Waals surface area contributed by atoms with Crippen molar-refractivity contribution in [3.63, 3.8) is 0 Å². The van der Waals surface area contributed by atoms with E-state index in [1.54, 1.807) is 0 Å². The van der Waals surface area contributed by atoms with Gasteiger partial charge in [-0.3, -0.25) is 4.79 Å². The van der Waals surface area contributed by atoms with Gasteiger partial charge in [0, 0.05) is 0 Å². The van der Waals surface area contributed by atoms with Gasteiger partial charge in [0.25, 0.3) is 0 Å². The molecule has 20 heavy (non-hydrogen) atoms. The molecule has 0 aromatic heterocycles. The number of hydrogen-bond acceptors (Lipinski definition) is 2. The molecule has 0 fully saturated rings. The quantitative estimate of drug-likeness (QED) is 0.628. The summed E-state index contributed by atoms with van der Waals surface area (Å²) < 4.78 is 92.2. The van der Waals surface area contributed by atoms with E-state index in [0.717, 1.165) is 19.2 Å². The van der Waals surface area contributed by atoms with Crippen LogP contribution in [0.25, 0.3) is 0 Å². The minimum absolute atomic E-state index is 0.532. The molecule has 0 amide bonds. The Hall–Kier alpha value is -1.80. The van der Waals surface area contributed by atoms with Gasteiger partial charge in [0.05, 0.1) is 12.7 Å². The van der Waals surface area contributed by atoms with E-state index in [0.29, 0.717) is 6.07 Å². The molecule has 9 heteroatoms. The summed E-state index contributed by atoms with van der Waals surface area (Å²) in [5.74, 6) is -8.89. The Balaban J connectivity index is 3.35. The van der Waals surface area contributed by atoms with Crippen LogP contribution in [0, 0.1) is 11.7 Å². The summed E-state index contributed by atoms with van der Waals surface area (Å²) in [5.41, 5.74) is -1.33. The minimum atomic E-state index is -5.87. The van der Waals surface area contributed by atoms with Crippen LogP contribution in [0.1, 0.15) is 10.4 Å². The van der Waals surface area contributed by atoms with E-state index in [4.69, 9.17) is 0 Å². The number of rotatable bonds is 3. The third-order valence-corrected chi connectivity index (χ3v) is 2.37. The van der Waals surface area contributed by atoms with Crippen LogP contribution in [0.5, 0.6) is 5.75 Å². The first-order chi connectivity index (χ1) is 9.00. The zero-order valence-corrected chi connectivity index (χ0v) is 9.77. The Morgan fingerprint density at radius 1 is 1.10 bits per heavy atom. The smallest absolute Gasteiger partial charge is 0.407 e. The van der Waals surface area contributed by atoms with Crippen LogP contribution in [0.4, 0.5) is 30.7 Å². The highest BCUT2D eigenvalue weighted by Gasteiger charge is 2.61. The van der Waals surface area contributed by atoms with Crippen molar-refractivity contribution < 1.29 is 40.3 Å². The summed E-state index contributed by atoms with van der Waals surface area (Å²) in [5, 5.41) is 0. The van der Waals surface area contributed by atoms with Gasteiger partial charge in [-0.1, -0.05) is 6.07 Å². The van der Waals surface area contributed by atoms with Crippen LogP contribution in [0.15, 0.2) is 18.2 Å². The fourth-order valence-electron chi connectivity index (χ4n) is 1.50. The lowest BCUT2D eigenvalue weighted by molar-refractivity contribution is -0.264. The Bertz CT molecular complexity index is 490. The number of ketones is 1. The third kappa shape index (κ3) is 3.20. The number of carbonyl (C=O) groups is 1. The van der Waals surface area contributed by atoms with Gasteiger partial charge in [-0.05, 0) is 12.1 Å². The van der Waals surface area contributed by atoms with Crippen molar-refractivity contribution in [3.05, 3.63) is 29.6 Å². The molecular weight excluding hydrogens is 297 g/mol. The zero-order valence-electron chi connectivity index (χ0n) is 9.77. The van der Waals surface area contributed by atoms with Crippen LogP contribution >= 0.6 is 0 Å². The second kappa shape index (κ2) is 5.29. The van der Waals surface area contributed by atoms with Crippen molar-refractivity contribution in [1.29, 1.82) is 0 Å². The van der Waals surface area contributed by atoms with Gasteiger partial charge < -0.3 is 4.74 Å². The molecule has 1 rings (SSSR count). The second-order valence-corrected chi connectivity index (χ2v) is 3.70. The van der Waals surface area contributed by atoms with E-state index in [9.17, 15) is 35.5 Å². The first-order valence-electron chi connectivity index (χ1n) is 5.00. The topological polar surface area (TPSA) is 26.3 Å². The maximum absolute atomic E-state index is 13.6. The maximum atomic E-state index is 13.6. The number of carbonyl (C=O) groups excluding carboxylic acids is 1. The van der Waals surface area contributed by atoms with Gasteiger partial charge in [-0.2, -0.15) is 26.3 Å². The lowest BCUT2D eigenvalue weighted by Crippen LogP contribution is -2.42. The molecule has 112 valence electrons. The summed E-state index contributed by atoms with van der Waals surface area (Å²) in [6.45, 7) is 0. The van der Waals surface area contributed by atoms with Crippen molar-refractivity contribution in [2.75, 3.05) is 7.11 Å². The number of hydrogen-bond donors (Lipinski definition) is 0. The molecule has 0 N–H and O–H groups in total. The Kier molecular flexibility index (Phi) is 4.30. The average molecular weight is 304 g/mol. The normalized spacial score (nSPS) is 12.7. The monoisotopic (exact) mass is 304 g/mol. The van der Waals surface area contributed by atoms with Gasteiger partial charge in [0.15, 0.2) is 17.3 Å². The summed E-state index contributed by atoms with van der Waals surface area (Å²) >= 11 is 0. The third-order valence-electron chi connectivity index (χ3n) is 2.37. The van der Waals surface area contributed by atoms with Gasteiger partial charge in [-0.25, -0.2) is 4.39 Å². The fraction of sp³-hybridized carbons (Fsp3) is 0.364. The predicted octanol–water partition coefficient (Wildman–Crippen LogP) is 3.76. The van der Waals surface area contributed by atoms with E-state index < -0.39 is 41.2 Å². The van der Waals surface area contributed by atoms with Crippen molar-refractivity contribution in [2.24, 2.45) is 5.92 Å². The predicted molar refractivity (Wildman–Crippen MR) is 52.9 cm³/mol. The highest BCUT2D eigenvalue weighted by Crippen LogP contribution is 2.41. The molecule has 0 atom stereocenters. The molecule has 0 radical (unpaired) electrons. The van der Waals surface area contributed by atoms with Crippen molar-refractivity contribution in [3.8, 4) is 5.75 Å². The molecule has 0 saturated heterocycles. The first-order valence-corrected chi connectivity index (χ1v) is 5.00. The number of alkyl halides is 6. The van der Waals surface area contributed by atoms with Crippen molar-refractivity contribution >= 4 is 5.78 Å². The van der Waals surface area contributed by atoms with E-state index in [-0.39, 0.29) is 0 Å². The Morgan fingerprint density at radius 2 is 1.60 bits per heavy atom. The Labute approximate surface area is 108 Å². The van der Waals surface area contributed by atoms with E-state index in [2.05, 4.69) is 4.74 Å². The van der Waals surface area contributed by atoms with E-state index in [1.165, 1.54) is 0 Å². The number of ether oxygens (including phenoxy) is 1. The first kappa shape index (κ1) is 16.3. The molecule has 0 heterocycles.